The molecule has 1 nitrogen and oxygen atoms in total. The van der Waals surface area contributed by atoms with E-state index in [2.05, 4.69) is 86.1 Å². The van der Waals surface area contributed by atoms with Crippen molar-refractivity contribution in [3.05, 3.63) is 84.1 Å². The Balaban J connectivity index is 2.11. The van der Waals surface area contributed by atoms with Gasteiger partial charge in [0.1, 0.15) is 0 Å². The van der Waals surface area contributed by atoms with Crippen molar-refractivity contribution in [1.29, 1.82) is 0 Å². The van der Waals surface area contributed by atoms with Gasteiger partial charge in [-0.2, -0.15) is 0 Å². The number of nitrogens with one attached hydrogen (secondary N) is 1. The molecule has 2 aromatic heterocycles. The lowest BCUT2D eigenvalue weighted by molar-refractivity contribution is 1.29. The van der Waals surface area contributed by atoms with Crippen LogP contribution in [0.1, 0.15) is 23.7 Å². The van der Waals surface area contributed by atoms with Crippen LogP contribution in [0.15, 0.2) is 67.3 Å². The van der Waals surface area contributed by atoms with Crippen LogP contribution < -0.4 is 0 Å². The van der Waals surface area contributed by atoms with Gasteiger partial charge >= 0.3 is 0 Å². The second-order valence-electron chi connectivity index (χ2n) is 7.11. The molecule has 136 valence electrons. The number of hydrogen-bond acceptors (Lipinski definition) is 1. The lowest BCUT2D eigenvalue weighted by Gasteiger charge is -2.04. The summed E-state index contributed by atoms with van der Waals surface area (Å²) < 4.78 is 2.69. The van der Waals surface area contributed by atoms with E-state index in [1.165, 1.54) is 58.7 Å². The van der Waals surface area contributed by atoms with E-state index in [0.29, 0.717) is 0 Å². The van der Waals surface area contributed by atoms with Crippen molar-refractivity contribution in [3.63, 3.8) is 0 Å². The van der Waals surface area contributed by atoms with Gasteiger partial charge in [-0.25, -0.2) is 0 Å². The fourth-order valence-corrected chi connectivity index (χ4v) is 5.47. The molecule has 5 rings (SSSR count). The summed E-state index contributed by atoms with van der Waals surface area (Å²) in [6.45, 7) is 8.08. The number of fused-ring (bicyclic) bond motifs is 7. The smallest absolute Gasteiger partial charge is 0.0475 e. The van der Waals surface area contributed by atoms with Crippen LogP contribution in [-0.4, -0.2) is 4.98 Å². The van der Waals surface area contributed by atoms with Gasteiger partial charge in [-0.15, -0.1) is 11.3 Å². The van der Waals surface area contributed by atoms with Gasteiger partial charge in [0.2, 0.25) is 0 Å². The van der Waals surface area contributed by atoms with Crippen LogP contribution in [0.4, 0.5) is 0 Å². The van der Waals surface area contributed by atoms with E-state index in [9.17, 15) is 0 Å². The van der Waals surface area contributed by atoms with E-state index in [-0.39, 0.29) is 0 Å². The molecule has 0 saturated heterocycles. The fraction of sp³-hybridized carbons (Fsp3) is 0.0769. The molecule has 5 aromatic rings. The molecule has 0 bridgehead atoms. The highest BCUT2D eigenvalue weighted by Gasteiger charge is 2.18. The molecule has 0 aliphatic heterocycles. The van der Waals surface area contributed by atoms with E-state index in [0.717, 1.165) is 0 Å². The Bertz CT molecular complexity index is 1440. The van der Waals surface area contributed by atoms with Crippen molar-refractivity contribution in [2.24, 2.45) is 0 Å². The molecule has 0 atom stereocenters. The molecular weight excluding hydrogens is 358 g/mol. The summed E-state index contributed by atoms with van der Waals surface area (Å²) in [7, 11) is 0. The molecule has 0 saturated carbocycles. The first-order valence-corrected chi connectivity index (χ1v) is 10.4. The van der Waals surface area contributed by atoms with Crippen LogP contribution >= 0.6 is 11.3 Å². The van der Waals surface area contributed by atoms with E-state index in [1.54, 1.807) is 0 Å². The molecule has 28 heavy (non-hydrogen) atoms. The average Bonchev–Trinajstić information content (AvgIpc) is 3.24. The van der Waals surface area contributed by atoms with Crippen LogP contribution in [0, 0.1) is 6.92 Å². The number of rotatable bonds is 3. The zero-order valence-electron chi connectivity index (χ0n) is 16.0. The second-order valence-corrected chi connectivity index (χ2v) is 8.17. The molecule has 3 aromatic carbocycles. The summed E-state index contributed by atoms with van der Waals surface area (Å²) in [5, 5.41) is 6.64. The molecular formula is C26H21NS. The SMILES string of the molecule is C=C/C=C\c1c(C)[nH]c2cc(/C=C/C)c3sc4ccc5ccccc5c4c3c12. The van der Waals surface area contributed by atoms with Crippen molar-refractivity contribution in [1.82, 2.24) is 4.98 Å². The van der Waals surface area contributed by atoms with E-state index >= 15 is 0 Å². The number of thiophene rings is 1. The number of allylic oxidation sites excluding steroid dienone is 3. The molecule has 2 heterocycles. The summed E-state index contributed by atoms with van der Waals surface area (Å²) in [6, 6.07) is 15.5. The topological polar surface area (TPSA) is 15.8 Å². The first-order chi connectivity index (χ1) is 13.7. The highest BCUT2D eigenvalue weighted by molar-refractivity contribution is 7.26. The summed E-state index contributed by atoms with van der Waals surface area (Å²) in [6.07, 6.45) is 10.4. The van der Waals surface area contributed by atoms with Gasteiger partial charge < -0.3 is 4.98 Å². The molecule has 0 unspecified atom stereocenters. The maximum absolute atomic E-state index is 3.85. The van der Waals surface area contributed by atoms with Crippen molar-refractivity contribution in [2.75, 3.05) is 0 Å². The van der Waals surface area contributed by atoms with Gasteiger partial charge in [-0.05, 0) is 42.3 Å². The first kappa shape index (κ1) is 17.0. The highest BCUT2D eigenvalue weighted by Crippen LogP contribution is 2.45. The maximum atomic E-state index is 3.85. The lowest BCUT2D eigenvalue weighted by atomic mass is 9.97. The van der Waals surface area contributed by atoms with Gasteiger partial charge in [0, 0.05) is 42.3 Å². The predicted molar refractivity (Wildman–Crippen MR) is 127 cm³/mol. The summed E-state index contributed by atoms with van der Waals surface area (Å²) in [5.74, 6) is 0. The Morgan fingerprint density at radius 2 is 1.86 bits per heavy atom. The number of aryl methyl sites for hydroxylation is 1. The Hall–Kier alpha value is -3.10. The van der Waals surface area contributed by atoms with Crippen LogP contribution in [0.5, 0.6) is 0 Å². The predicted octanol–water partition coefficient (Wildman–Crippen LogP) is 8.23. The van der Waals surface area contributed by atoms with Gasteiger partial charge in [-0.1, -0.05) is 67.3 Å². The third-order valence-corrected chi connectivity index (χ3v) is 6.61. The fourth-order valence-electron chi connectivity index (χ4n) is 4.25. The van der Waals surface area contributed by atoms with Crippen molar-refractivity contribution >= 4 is 65.3 Å². The van der Waals surface area contributed by atoms with Gasteiger partial charge in [-0.3, -0.25) is 0 Å². The monoisotopic (exact) mass is 379 g/mol. The minimum Gasteiger partial charge on any atom is -0.358 e. The molecule has 0 spiro atoms. The number of benzene rings is 3. The normalized spacial score (nSPS) is 12.5. The van der Waals surface area contributed by atoms with Crippen LogP contribution in [0.3, 0.4) is 0 Å². The maximum Gasteiger partial charge on any atom is 0.0475 e. The van der Waals surface area contributed by atoms with Crippen LogP contribution in [0.25, 0.3) is 54.0 Å². The largest absolute Gasteiger partial charge is 0.358 e. The quantitative estimate of drug-likeness (QED) is 0.304. The molecule has 2 heteroatoms. The zero-order chi connectivity index (χ0) is 19.3. The number of aromatic nitrogens is 1. The summed E-state index contributed by atoms with van der Waals surface area (Å²) >= 11 is 1.89. The Kier molecular flexibility index (Phi) is 3.96. The van der Waals surface area contributed by atoms with Gasteiger partial charge in [0.05, 0.1) is 0 Å². The van der Waals surface area contributed by atoms with Gasteiger partial charge in [0.15, 0.2) is 0 Å². The third-order valence-electron chi connectivity index (χ3n) is 5.40. The van der Waals surface area contributed by atoms with Crippen molar-refractivity contribution in [2.45, 2.75) is 13.8 Å². The minimum absolute atomic E-state index is 1.19. The van der Waals surface area contributed by atoms with Crippen LogP contribution in [-0.2, 0) is 0 Å². The van der Waals surface area contributed by atoms with Gasteiger partial charge in [0.25, 0.3) is 0 Å². The van der Waals surface area contributed by atoms with E-state index in [1.807, 2.05) is 23.5 Å². The van der Waals surface area contributed by atoms with E-state index < -0.39 is 0 Å². The molecule has 0 radical (unpaired) electrons. The average molecular weight is 380 g/mol. The van der Waals surface area contributed by atoms with Crippen LogP contribution in [0.2, 0.25) is 0 Å². The number of H-pyrrole nitrogens is 1. The molecule has 0 aliphatic rings. The van der Waals surface area contributed by atoms with Crippen molar-refractivity contribution < 1.29 is 0 Å². The Morgan fingerprint density at radius 1 is 1.00 bits per heavy atom. The number of aromatic amines is 1. The second kappa shape index (κ2) is 6.50. The summed E-state index contributed by atoms with van der Waals surface area (Å²) in [5.41, 5.74) is 4.90. The molecule has 0 fully saturated rings. The molecule has 0 amide bonds. The minimum atomic E-state index is 1.19. The first-order valence-electron chi connectivity index (χ1n) is 9.54. The Labute approximate surface area is 168 Å². The highest BCUT2D eigenvalue weighted by atomic mass is 32.1. The standard InChI is InChI=1S/C26H21NS/c1-4-6-11-19-16(3)27-21-15-18(9-5-2)26-25(23(19)21)24-20-12-8-7-10-17(20)13-14-22(24)28-26/h4-15,27H,1H2,2-3H3/b9-5+,11-6-. The summed E-state index contributed by atoms with van der Waals surface area (Å²) in [4.78, 5) is 3.61. The Morgan fingerprint density at radius 3 is 2.68 bits per heavy atom. The lowest BCUT2D eigenvalue weighted by Crippen LogP contribution is -1.80. The third kappa shape index (κ3) is 2.38. The van der Waals surface area contributed by atoms with E-state index in [4.69, 9.17) is 0 Å². The number of hydrogen-bond donors (Lipinski definition) is 1. The molecule has 1 N–H and O–H groups in total. The van der Waals surface area contributed by atoms with Crippen molar-refractivity contribution in [3.8, 4) is 0 Å². The zero-order valence-corrected chi connectivity index (χ0v) is 16.9. The molecule has 0 aliphatic carbocycles.